The van der Waals surface area contributed by atoms with Gasteiger partial charge in [-0.1, -0.05) is 0 Å². The second-order valence-electron chi connectivity index (χ2n) is 2.49. The van der Waals surface area contributed by atoms with Crippen LogP contribution in [0.3, 0.4) is 0 Å². The van der Waals surface area contributed by atoms with E-state index in [9.17, 15) is 16.3 Å². The first-order valence-electron chi connectivity index (χ1n) is 3.33. The van der Waals surface area contributed by atoms with E-state index in [1.54, 1.807) is 0 Å². The van der Waals surface area contributed by atoms with Gasteiger partial charge in [-0.05, 0) is 0 Å². The van der Waals surface area contributed by atoms with Gasteiger partial charge in [0.25, 0.3) is 0 Å². The quantitative estimate of drug-likeness (QED) is 0.417. The summed E-state index contributed by atoms with van der Waals surface area (Å²) in [5.41, 5.74) is 0. The third kappa shape index (κ3) is 4.42. The molecule has 15 heavy (non-hydrogen) atoms. The maximum atomic E-state index is 10.6. The first-order chi connectivity index (χ1) is 6.21. The van der Waals surface area contributed by atoms with Crippen LogP contribution in [0.15, 0.2) is 29.2 Å². The molecule has 6 nitrogen and oxygen atoms in total. The maximum absolute atomic E-state index is 10.6. The Morgan fingerprint density at radius 1 is 1.20 bits per heavy atom. The molecule has 0 aliphatic carbocycles. The van der Waals surface area contributed by atoms with Crippen LogP contribution in [-0.4, -0.2) is 31.2 Å². The topological polar surface area (TPSA) is 115 Å². The predicted molar refractivity (Wildman–Crippen MR) is 44.5 cm³/mol. The van der Waals surface area contributed by atoms with E-state index in [4.69, 9.17) is 8.65 Å². The molecular formula is C6H6AsNaO6S. The minimum atomic E-state index is -5.22. The summed E-state index contributed by atoms with van der Waals surface area (Å²) in [5.74, 6) is 0. The Labute approximate surface area is 111 Å². The summed E-state index contributed by atoms with van der Waals surface area (Å²) in [6.07, 6.45) is 0. The molecule has 1 aromatic rings. The smallest absolute Gasteiger partial charge is 1.00 e. The largest absolute Gasteiger partial charge is 1.00 e. The zero-order valence-electron chi connectivity index (χ0n) is 7.69. The van der Waals surface area contributed by atoms with Crippen molar-refractivity contribution in [3.05, 3.63) is 24.3 Å². The van der Waals surface area contributed by atoms with E-state index in [-0.39, 0.29) is 33.9 Å². The summed E-state index contributed by atoms with van der Waals surface area (Å²) in [7, 11) is -4.33. The van der Waals surface area contributed by atoms with E-state index in [1.807, 2.05) is 0 Å². The summed E-state index contributed by atoms with van der Waals surface area (Å²) in [4.78, 5) is -0.426. The van der Waals surface area contributed by atoms with Crippen molar-refractivity contribution in [2.24, 2.45) is 0 Å². The molecule has 0 bridgehead atoms. The predicted octanol–water partition coefficient (Wildman–Crippen LogP) is -5.13. The molecule has 0 aromatic heterocycles. The van der Waals surface area contributed by atoms with Gasteiger partial charge in [-0.15, -0.1) is 0 Å². The van der Waals surface area contributed by atoms with Crippen molar-refractivity contribution >= 4 is 28.6 Å². The molecule has 0 spiro atoms. The fourth-order valence-corrected chi connectivity index (χ4v) is 2.39. The van der Waals surface area contributed by atoms with Crippen LogP contribution in [0.1, 0.15) is 0 Å². The summed E-state index contributed by atoms with van der Waals surface area (Å²) in [6, 6.07) is 3.62. The van der Waals surface area contributed by atoms with Crippen LogP contribution < -0.4 is 38.0 Å². The van der Waals surface area contributed by atoms with Crippen LogP contribution in [0.5, 0.6) is 0 Å². The molecule has 1 aromatic carbocycles. The normalized spacial score (nSPS) is 15.1. The Bertz CT molecular complexity index is 475. The monoisotopic (exact) mass is 304 g/mol. The van der Waals surface area contributed by atoms with Gasteiger partial charge < -0.3 is 0 Å². The van der Waals surface area contributed by atoms with E-state index in [1.165, 1.54) is 0 Å². The summed E-state index contributed by atoms with van der Waals surface area (Å²) in [6.45, 7) is 0. The average Bonchev–Trinajstić information content (AvgIpc) is 2.01. The van der Waals surface area contributed by atoms with Gasteiger partial charge in [-0.3, -0.25) is 0 Å². The van der Waals surface area contributed by atoms with Gasteiger partial charge >= 0.3 is 112 Å². The van der Waals surface area contributed by atoms with Gasteiger partial charge in [0.05, 0.1) is 0 Å². The maximum Gasteiger partial charge on any atom is 1.00 e. The Morgan fingerprint density at radius 2 is 1.60 bits per heavy atom. The van der Waals surface area contributed by atoms with Crippen LogP contribution >= 0.6 is 0 Å². The standard InChI is InChI=1S/C6H7AsO6S.Na/c8-7(9,10)5-1-3-6(4-2-5)14(11,12)13;/h1-4H,(H2,8,9,10)(H,11,12,13);/q;+1/p-1. The van der Waals surface area contributed by atoms with Crippen molar-refractivity contribution < 1.29 is 54.5 Å². The van der Waals surface area contributed by atoms with E-state index >= 15 is 0 Å². The summed E-state index contributed by atoms with van der Waals surface area (Å²) in [5, 5.41) is 0. The Hall–Kier alpha value is 0.408. The molecule has 0 aliphatic heterocycles. The Morgan fingerprint density at radius 3 is 1.87 bits per heavy atom. The molecule has 9 heteroatoms. The Kier molecular flexibility index (Phi) is 5.30. The molecular weight excluding hydrogens is 298 g/mol. The molecule has 1 rings (SSSR count). The van der Waals surface area contributed by atoms with E-state index in [0.29, 0.717) is 0 Å². The number of hydrogen-bond acceptors (Lipinski definition) is 4. The van der Waals surface area contributed by atoms with Crippen molar-refractivity contribution in [3.8, 4) is 0 Å². The van der Waals surface area contributed by atoms with Crippen molar-refractivity contribution in [3.63, 3.8) is 0 Å². The van der Waals surface area contributed by atoms with Gasteiger partial charge in [0.1, 0.15) is 0 Å². The molecule has 0 heterocycles. The van der Waals surface area contributed by atoms with Gasteiger partial charge in [-0.2, -0.15) is 0 Å². The van der Waals surface area contributed by atoms with Crippen LogP contribution in [-0.2, 0) is 13.9 Å². The number of rotatable bonds is 2. The van der Waals surface area contributed by atoms with Crippen molar-refractivity contribution in [2.45, 2.75) is 4.90 Å². The summed E-state index contributed by atoms with van der Waals surface area (Å²) < 4.78 is 59.2. The summed E-state index contributed by atoms with van der Waals surface area (Å²) >= 11 is -5.22. The first kappa shape index (κ1) is 15.4. The molecule has 0 aliphatic rings. The Balaban J connectivity index is 0.00000196. The van der Waals surface area contributed by atoms with Gasteiger partial charge in [-0.25, -0.2) is 0 Å². The number of benzene rings is 1. The SMILES string of the molecule is O=S(=O)(O)c1ccc([As](=O)([O-])O)cc1.[Na+]. The van der Waals surface area contributed by atoms with Gasteiger partial charge in [0.2, 0.25) is 0 Å². The fraction of sp³-hybridized carbons (Fsp3) is 0. The average molecular weight is 304 g/mol. The van der Waals surface area contributed by atoms with Crippen LogP contribution in [0, 0.1) is 0 Å². The van der Waals surface area contributed by atoms with Crippen molar-refractivity contribution in [1.29, 1.82) is 0 Å². The van der Waals surface area contributed by atoms with Gasteiger partial charge in [0, 0.05) is 0 Å². The van der Waals surface area contributed by atoms with Crippen molar-refractivity contribution in [1.82, 2.24) is 0 Å². The van der Waals surface area contributed by atoms with E-state index in [2.05, 4.69) is 0 Å². The fourth-order valence-electron chi connectivity index (χ4n) is 0.806. The molecule has 1 atom stereocenters. The van der Waals surface area contributed by atoms with Crippen molar-refractivity contribution in [2.75, 3.05) is 0 Å². The zero-order chi connectivity index (χ0) is 11.0. The van der Waals surface area contributed by atoms with Crippen LogP contribution in [0.4, 0.5) is 0 Å². The molecule has 0 saturated carbocycles. The molecule has 78 valence electrons. The molecule has 1 unspecified atom stereocenters. The van der Waals surface area contributed by atoms with E-state index in [0.717, 1.165) is 24.3 Å². The third-order valence-corrected chi connectivity index (χ3v) is 4.32. The minimum absolute atomic E-state index is 0. The second-order valence-corrected chi connectivity index (χ2v) is 7.18. The number of hydrogen-bond donors (Lipinski definition) is 2. The molecule has 0 saturated heterocycles. The van der Waals surface area contributed by atoms with Gasteiger partial charge in [0.15, 0.2) is 0 Å². The third-order valence-electron chi connectivity index (χ3n) is 1.46. The zero-order valence-corrected chi connectivity index (χ0v) is 12.4. The van der Waals surface area contributed by atoms with Crippen LogP contribution in [0.25, 0.3) is 0 Å². The molecule has 0 radical (unpaired) electrons. The van der Waals surface area contributed by atoms with E-state index < -0.39 is 29.2 Å². The second kappa shape index (κ2) is 5.16. The van der Waals surface area contributed by atoms with Crippen LogP contribution in [0.2, 0.25) is 0 Å². The molecule has 0 fully saturated rings. The first-order valence-corrected chi connectivity index (χ1v) is 8.08. The molecule has 0 amide bonds. The molecule has 2 N–H and O–H groups in total. The minimum Gasteiger partial charge on any atom is 1.00 e.